The molecule has 1 amide bonds. The van der Waals surface area contributed by atoms with Gasteiger partial charge in [-0.1, -0.05) is 37.7 Å². The molecule has 0 radical (unpaired) electrons. The van der Waals surface area contributed by atoms with E-state index in [0.717, 1.165) is 5.52 Å². The molecule has 0 atom stereocenters. The van der Waals surface area contributed by atoms with Crippen molar-refractivity contribution in [3.05, 3.63) is 41.2 Å². The van der Waals surface area contributed by atoms with Gasteiger partial charge < -0.3 is 4.42 Å². The number of anilines is 1. The summed E-state index contributed by atoms with van der Waals surface area (Å²) in [5.41, 5.74) is 3.20. The molecule has 3 aromatic rings. The Morgan fingerprint density at radius 3 is 2.79 bits per heavy atom. The maximum Gasteiger partial charge on any atom is 0.257 e. The number of ketones is 1. The maximum absolute atomic E-state index is 12.4. The molecule has 2 aromatic heterocycles. The number of aromatic nitrogens is 3. The zero-order chi connectivity index (χ0) is 19.9. The van der Waals surface area contributed by atoms with Crippen molar-refractivity contribution in [1.82, 2.24) is 15.0 Å². The monoisotopic (exact) mass is 396 g/mol. The number of aryl methyl sites for hydroxylation is 1. The minimum absolute atomic E-state index is 0.0631. The third kappa shape index (κ3) is 3.77. The molecule has 0 unspecified atom stereocenters. The molecule has 2 heterocycles. The van der Waals surface area contributed by atoms with Gasteiger partial charge in [-0.05, 0) is 30.9 Å². The molecule has 7 nitrogen and oxygen atoms in total. The lowest BCUT2D eigenvalue weighted by atomic mass is 9.75. The molecule has 1 N–H and O–H groups in total. The number of hydrogen-bond acceptors (Lipinski definition) is 7. The standard InChI is InChI=1S/C20H20N4O3S/c1-11-17-13(8-20(2,3)9-14(17)25)22-18(21-11)24-16(26)10-28-19-23-12-6-4-5-7-15(12)27-19/h4-7H,8-10H2,1-3H3,(H,21,22,24,26). The number of amides is 1. The molecule has 8 heteroatoms. The van der Waals surface area contributed by atoms with E-state index in [0.29, 0.717) is 40.6 Å². The maximum atomic E-state index is 12.4. The lowest BCUT2D eigenvalue weighted by Gasteiger charge is -2.30. The van der Waals surface area contributed by atoms with Crippen molar-refractivity contribution in [3.8, 4) is 0 Å². The van der Waals surface area contributed by atoms with Gasteiger partial charge in [0.15, 0.2) is 11.4 Å². The van der Waals surface area contributed by atoms with E-state index in [1.165, 1.54) is 11.8 Å². The van der Waals surface area contributed by atoms with Crippen LogP contribution in [0.5, 0.6) is 0 Å². The molecule has 1 aliphatic carbocycles. The number of nitrogens with zero attached hydrogens (tertiary/aromatic N) is 3. The molecule has 28 heavy (non-hydrogen) atoms. The minimum atomic E-state index is -0.256. The summed E-state index contributed by atoms with van der Waals surface area (Å²) in [5.74, 6) is 0.155. The molecule has 0 aliphatic heterocycles. The normalized spacial score (nSPS) is 15.5. The van der Waals surface area contributed by atoms with E-state index in [1.54, 1.807) is 6.92 Å². The first-order valence-corrected chi connectivity index (χ1v) is 9.98. The zero-order valence-electron chi connectivity index (χ0n) is 15.9. The molecule has 4 rings (SSSR count). The van der Waals surface area contributed by atoms with Crippen LogP contribution in [-0.2, 0) is 11.2 Å². The van der Waals surface area contributed by atoms with E-state index in [9.17, 15) is 9.59 Å². The van der Waals surface area contributed by atoms with Gasteiger partial charge in [0.25, 0.3) is 5.22 Å². The Bertz CT molecular complexity index is 1060. The molecule has 0 saturated carbocycles. The first kappa shape index (κ1) is 18.6. The van der Waals surface area contributed by atoms with Crippen molar-refractivity contribution in [3.63, 3.8) is 0 Å². The molecule has 0 fully saturated rings. The number of Topliss-reactive ketones (excluding diaryl/α,β-unsaturated/α-hetero) is 1. The van der Waals surface area contributed by atoms with Gasteiger partial charge in [0.1, 0.15) is 5.52 Å². The van der Waals surface area contributed by atoms with Gasteiger partial charge in [-0.15, -0.1) is 0 Å². The SMILES string of the molecule is Cc1nc(NC(=O)CSc2nc3ccccc3o2)nc2c1C(=O)CC(C)(C)C2. The van der Waals surface area contributed by atoms with Gasteiger partial charge in [0.05, 0.1) is 22.7 Å². The van der Waals surface area contributed by atoms with Crippen molar-refractivity contribution >= 4 is 40.5 Å². The summed E-state index contributed by atoms with van der Waals surface area (Å²) in [6.45, 7) is 5.86. The van der Waals surface area contributed by atoms with E-state index < -0.39 is 0 Å². The van der Waals surface area contributed by atoms with E-state index in [2.05, 4.69) is 20.3 Å². The molecule has 0 saturated heterocycles. The van der Waals surface area contributed by atoms with Gasteiger partial charge in [0, 0.05) is 6.42 Å². The quantitative estimate of drug-likeness (QED) is 0.670. The number of hydrogen-bond donors (Lipinski definition) is 1. The Labute approximate surface area is 166 Å². The second-order valence-corrected chi connectivity index (χ2v) is 8.61. The molecule has 0 bridgehead atoms. The number of thioether (sulfide) groups is 1. The fraction of sp³-hybridized carbons (Fsp3) is 0.350. The fourth-order valence-electron chi connectivity index (χ4n) is 3.42. The van der Waals surface area contributed by atoms with Gasteiger partial charge in [-0.2, -0.15) is 0 Å². The van der Waals surface area contributed by atoms with Crippen LogP contribution in [0.2, 0.25) is 0 Å². The molecule has 1 aliphatic rings. The van der Waals surface area contributed by atoms with E-state index in [-0.39, 0.29) is 28.8 Å². The summed E-state index contributed by atoms with van der Waals surface area (Å²) < 4.78 is 5.60. The highest BCUT2D eigenvalue weighted by atomic mass is 32.2. The predicted octanol–water partition coefficient (Wildman–Crippen LogP) is 3.81. The number of fused-ring (bicyclic) bond motifs is 2. The average Bonchev–Trinajstić information content (AvgIpc) is 3.01. The van der Waals surface area contributed by atoms with Crippen LogP contribution in [0, 0.1) is 12.3 Å². The topological polar surface area (TPSA) is 98.0 Å². The van der Waals surface area contributed by atoms with Gasteiger partial charge in [0.2, 0.25) is 11.9 Å². The molecular formula is C20H20N4O3S. The highest BCUT2D eigenvalue weighted by molar-refractivity contribution is 7.99. The van der Waals surface area contributed by atoms with Crippen molar-refractivity contribution in [2.45, 2.75) is 38.8 Å². The van der Waals surface area contributed by atoms with Crippen molar-refractivity contribution in [2.75, 3.05) is 11.1 Å². The van der Waals surface area contributed by atoms with Crippen LogP contribution in [0.4, 0.5) is 5.95 Å². The third-order valence-corrected chi connectivity index (χ3v) is 5.41. The number of oxazole rings is 1. The molecule has 1 aromatic carbocycles. The highest BCUT2D eigenvalue weighted by Gasteiger charge is 2.33. The lowest BCUT2D eigenvalue weighted by molar-refractivity contribution is -0.113. The second kappa shape index (κ2) is 7.01. The number of nitrogens with one attached hydrogen (secondary N) is 1. The van der Waals surface area contributed by atoms with Crippen LogP contribution < -0.4 is 5.32 Å². The fourth-order valence-corrected chi connectivity index (χ4v) is 4.06. The number of carbonyl (C=O) groups excluding carboxylic acids is 2. The number of para-hydroxylation sites is 2. The van der Waals surface area contributed by atoms with Crippen LogP contribution in [-0.4, -0.2) is 32.4 Å². The Hall–Kier alpha value is -2.74. The highest BCUT2D eigenvalue weighted by Crippen LogP contribution is 2.35. The Morgan fingerprint density at radius 2 is 2.00 bits per heavy atom. The summed E-state index contributed by atoms with van der Waals surface area (Å²) in [4.78, 5) is 37.8. The summed E-state index contributed by atoms with van der Waals surface area (Å²) in [6.07, 6.45) is 1.16. The van der Waals surface area contributed by atoms with Crippen molar-refractivity contribution in [1.29, 1.82) is 0 Å². The molecule has 144 valence electrons. The van der Waals surface area contributed by atoms with Gasteiger partial charge in [-0.25, -0.2) is 15.0 Å². The van der Waals surface area contributed by atoms with Crippen LogP contribution in [0.3, 0.4) is 0 Å². The number of benzene rings is 1. The predicted molar refractivity (Wildman–Crippen MR) is 107 cm³/mol. The Kier molecular flexibility index (Phi) is 4.66. The average molecular weight is 396 g/mol. The van der Waals surface area contributed by atoms with Crippen molar-refractivity contribution < 1.29 is 14.0 Å². The van der Waals surface area contributed by atoms with Crippen molar-refractivity contribution in [2.24, 2.45) is 5.41 Å². The second-order valence-electron chi connectivity index (χ2n) is 7.68. The van der Waals surface area contributed by atoms with Crippen LogP contribution in [0.1, 0.15) is 42.0 Å². The van der Waals surface area contributed by atoms with Crippen LogP contribution >= 0.6 is 11.8 Å². The van der Waals surface area contributed by atoms with Crippen LogP contribution in [0.25, 0.3) is 11.1 Å². The summed E-state index contributed by atoms with van der Waals surface area (Å²) >= 11 is 1.21. The van der Waals surface area contributed by atoms with Gasteiger partial charge in [-0.3, -0.25) is 14.9 Å². The smallest absolute Gasteiger partial charge is 0.257 e. The first-order valence-electron chi connectivity index (χ1n) is 9.00. The Morgan fingerprint density at radius 1 is 1.21 bits per heavy atom. The minimum Gasteiger partial charge on any atom is -0.431 e. The summed E-state index contributed by atoms with van der Waals surface area (Å²) in [6, 6.07) is 7.44. The Balaban J connectivity index is 1.46. The largest absolute Gasteiger partial charge is 0.431 e. The molecule has 0 spiro atoms. The summed E-state index contributed by atoms with van der Waals surface area (Å²) in [7, 11) is 0. The van der Waals surface area contributed by atoms with Gasteiger partial charge >= 0.3 is 0 Å². The first-order chi connectivity index (χ1) is 13.3. The summed E-state index contributed by atoms with van der Waals surface area (Å²) in [5, 5.41) is 3.15. The third-order valence-electron chi connectivity index (χ3n) is 4.58. The van der Waals surface area contributed by atoms with E-state index in [4.69, 9.17) is 4.42 Å². The van der Waals surface area contributed by atoms with E-state index in [1.807, 2.05) is 38.1 Å². The number of rotatable bonds is 4. The lowest BCUT2D eigenvalue weighted by Crippen LogP contribution is -2.30. The number of carbonyl (C=O) groups is 2. The molecular weight excluding hydrogens is 376 g/mol. The van der Waals surface area contributed by atoms with Crippen LogP contribution in [0.15, 0.2) is 33.9 Å². The zero-order valence-corrected chi connectivity index (χ0v) is 16.7. The van der Waals surface area contributed by atoms with E-state index >= 15 is 0 Å².